The highest BCUT2D eigenvalue weighted by molar-refractivity contribution is 4.88. The summed E-state index contributed by atoms with van der Waals surface area (Å²) in [5.74, 6) is 0.700. The maximum atomic E-state index is 5.80. The Labute approximate surface area is 119 Å². The molecule has 1 fully saturated rings. The number of nitrogens with one attached hydrogen (secondary N) is 1. The minimum atomic E-state index is 0.248. The van der Waals surface area contributed by atoms with Crippen molar-refractivity contribution in [1.29, 1.82) is 0 Å². The van der Waals surface area contributed by atoms with E-state index >= 15 is 0 Å². The standard InChI is InChI=1S/C16H33NO2/c1-12(2)13(3)17-14-9-15(10-14)19-8-7-18-11-16(4,5)6/h12-15,17H,7-11H2,1-6H3/t13-,14-,15-/m0/s1. The molecule has 0 unspecified atom stereocenters. The van der Waals surface area contributed by atoms with Crippen LogP contribution in [0.15, 0.2) is 0 Å². The van der Waals surface area contributed by atoms with E-state index in [9.17, 15) is 0 Å². The van der Waals surface area contributed by atoms with Gasteiger partial charge < -0.3 is 14.8 Å². The second kappa shape index (κ2) is 7.61. The van der Waals surface area contributed by atoms with E-state index in [0.717, 1.165) is 26.1 Å². The number of rotatable bonds is 8. The van der Waals surface area contributed by atoms with Gasteiger partial charge in [0.15, 0.2) is 0 Å². The Hall–Kier alpha value is -0.120. The predicted octanol–water partition coefficient (Wildman–Crippen LogP) is 3.23. The van der Waals surface area contributed by atoms with Crippen molar-refractivity contribution >= 4 is 0 Å². The van der Waals surface area contributed by atoms with Crippen molar-refractivity contribution in [3.63, 3.8) is 0 Å². The summed E-state index contributed by atoms with van der Waals surface area (Å²) in [6.45, 7) is 15.6. The topological polar surface area (TPSA) is 30.5 Å². The van der Waals surface area contributed by atoms with Crippen LogP contribution in [0.4, 0.5) is 0 Å². The molecule has 1 N–H and O–H groups in total. The zero-order valence-electron chi connectivity index (χ0n) is 13.7. The third-order valence-corrected chi connectivity index (χ3v) is 3.71. The molecule has 3 heteroatoms. The molecule has 3 nitrogen and oxygen atoms in total. The Bertz CT molecular complexity index is 242. The summed E-state index contributed by atoms with van der Waals surface area (Å²) in [7, 11) is 0. The summed E-state index contributed by atoms with van der Waals surface area (Å²) in [6.07, 6.45) is 2.74. The van der Waals surface area contributed by atoms with Gasteiger partial charge >= 0.3 is 0 Å². The highest BCUT2D eigenvalue weighted by Gasteiger charge is 2.30. The minimum Gasteiger partial charge on any atom is -0.379 e. The maximum Gasteiger partial charge on any atom is 0.0704 e. The normalized spacial score (nSPS) is 25.4. The van der Waals surface area contributed by atoms with Crippen LogP contribution in [-0.2, 0) is 9.47 Å². The van der Waals surface area contributed by atoms with E-state index in [-0.39, 0.29) is 5.41 Å². The lowest BCUT2D eigenvalue weighted by atomic mass is 9.88. The van der Waals surface area contributed by atoms with Crippen LogP contribution in [-0.4, -0.2) is 38.0 Å². The molecule has 19 heavy (non-hydrogen) atoms. The molecule has 0 aromatic carbocycles. The fourth-order valence-electron chi connectivity index (χ4n) is 2.05. The van der Waals surface area contributed by atoms with Gasteiger partial charge in [-0.2, -0.15) is 0 Å². The molecule has 0 saturated heterocycles. The lowest BCUT2D eigenvalue weighted by molar-refractivity contribution is -0.0509. The Morgan fingerprint density at radius 3 is 2.26 bits per heavy atom. The highest BCUT2D eigenvalue weighted by atomic mass is 16.5. The van der Waals surface area contributed by atoms with Crippen LogP contribution in [0.3, 0.4) is 0 Å². The largest absolute Gasteiger partial charge is 0.379 e. The minimum absolute atomic E-state index is 0.248. The van der Waals surface area contributed by atoms with Crippen molar-refractivity contribution in [2.75, 3.05) is 19.8 Å². The molecule has 114 valence electrons. The van der Waals surface area contributed by atoms with Gasteiger partial charge in [0.2, 0.25) is 0 Å². The fraction of sp³-hybridized carbons (Fsp3) is 1.00. The fourth-order valence-corrected chi connectivity index (χ4v) is 2.05. The van der Waals surface area contributed by atoms with Crippen LogP contribution in [0, 0.1) is 11.3 Å². The summed E-state index contributed by atoms with van der Waals surface area (Å²) >= 11 is 0. The van der Waals surface area contributed by atoms with E-state index < -0.39 is 0 Å². The third kappa shape index (κ3) is 7.28. The number of hydrogen-bond acceptors (Lipinski definition) is 3. The van der Waals surface area contributed by atoms with Gasteiger partial charge in [0.25, 0.3) is 0 Å². The summed E-state index contributed by atoms with van der Waals surface area (Å²) in [5.41, 5.74) is 0.248. The quantitative estimate of drug-likeness (QED) is 0.688. The molecule has 0 amide bonds. The first-order valence-corrected chi connectivity index (χ1v) is 7.73. The molecular weight excluding hydrogens is 238 g/mol. The molecule has 1 aliphatic rings. The van der Waals surface area contributed by atoms with Crippen LogP contribution in [0.5, 0.6) is 0 Å². The summed E-state index contributed by atoms with van der Waals surface area (Å²) in [5, 5.41) is 3.66. The van der Waals surface area contributed by atoms with Crippen LogP contribution >= 0.6 is 0 Å². The molecule has 1 rings (SSSR count). The molecule has 0 aromatic heterocycles. The van der Waals surface area contributed by atoms with Crippen LogP contribution in [0.25, 0.3) is 0 Å². The molecule has 0 radical (unpaired) electrons. The molecule has 0 heterocycles. The average molecular weight is 271 g/mol. The maximum absolute atomic E-state index is 5.80. The molecule has 1 atom stereocenters. The van der Waals surface area contributed by atoms with Gasteiger partial charge in [0.1, 0.15) is 0 Å². The second-order valence-electron chi connectivity index (χ2n) is 7.47. The second-order valence-corrected chi connectivity index (χ2v) is 7.47. The van der Waals surface area contributed by atoms with Gasteiger partial charge in [-0.25, -0.2) is 0 Å². The average Bonchev–Trinajstić information content (AvgIpc) is 2.22. The lowest BCUT2D eigenvalue weighted by Crippen LogP contribution is -2.50. The monoisotopic (exact) mass is 271 g/mol. The Morgan fingerprint density at radius 2 is 1.74 bits per heavy atom. The van der Waals surface area contributed by atoms with Gasteiger partial charge in [0.05, 0.1) is 25.9 Å². The Balaban J connectivity index is 1.95. The molecule has 0 bridgehead atoms. The van der Waals surface area contributed by atoms with E-state index in [4.69, 9.17) is 9.47 Å². The number of hydrogen-bond donors (Lipinski definition) is 1. The Morgan fingerprint density at radius 1 is 1.11 bits per heavy atom. The molecule has 1 aliphatic carbocycles. The van der Waals surface area contributed by atoms with Crippen molar-refractivity contribution in [2.24, 2.45) is 11.3 Å². The van der Waals surface area contributed by atoms with E-state index in [1.165, 1.54) is 0 Å². The van der Waals surface area contributed by atoms with Crippen LogP contribution in [0.2, 0.25) is 0 Å². The lowest BCUT2D eigenvalue weighted by Gasteiger charge is -2.38. The summed E-state index contributed by atoms with van der Waals surface area (Å²) in [4.78, 5) is 0. The third-order valence-electron chi connectivity index (χ3n) is 3.71. The molecule has 0 aromatic rings. The van der Waals surface area contributed by atoms with Crippen LogP contribution < -0.4 is 5.32 Å². The first-order valence-electron chi connectivity index (χ1n) is 7.73. The van der Waals surface area contributed by atoms with Crippen molar-refractivity contribution in [2.45, 2.75) is 72.6 Å². The SMILES string of the molecule is CC(C)[C@H](C)N[C@H]1C[C@H](OCCOCC(C)(C)C)C1. The first-order chi connectivity index (χ1) is 8.78. The van der Waals surface area contributed by atoms with Gasteiger partial charge in [-0.15, -0.1) is 0 Å². The number of ether oxygens (including phenoxy) is 2. The molecule has 0 spiro atoms. The highest BCUT2D eigenvalue weighted by Crippen LogP contribution is 2.24. The van der Waals surface area contributed by atoms with Crippen LogP contribution in [0.1, 0.15) is 54.4 Å². The predicted molar refractivity (Wildman–Crippen MR) is 80.5 cm³/mol. The van der Waals surface area contributed by atoms with Gasteiger partial charge in [0, 0.05) is 12.1 Å². The van der Waals surface area contributed by atoms with Gasteiger partial charge in [-0.1, -0.05) is 34.6 Å². The van der Waals surface area contributed by atoms with Gasteiger partial charge in [-0.05, 0) is 31.1 Å². The summed E-state index contributed by atoms with van der Waals surface area (Å²) < 4.78 is 11.4. The van der Waals surface area contributed by atoms with Crippen molar-refractivity contribution in [3.8, 4) is 0 Å². The van der Waals surface area contributed by atoms with E-state index in [1.807, 2.05) is 0 Å². The molecule has 0 aliphatic heterocycles. The van der Waals surface area contributed by atoms with Gasteiger partial charge in [-0.3, -0.25) is 0 Å². The van der Waals surface area contributed by atoms with E-state index in [2.05, 4.69) is 46.9 Å². The zero-order valence-corrected chi connectivity index (χ0v) is 13.7. The zero-order chi connectivity index (χ0) is 14.5. The summed E-state index contributed by atoms with van der Waals surface area (Å²) in [6, 6.07) is 1.25. The first kappa shape index (κ1) is 16.9. The molecule has 1 saturated carbocycles. The van der Waals surface area contributed by atoms with E-state index in [1.54, 1.807) is 0 Å². The van der Waals surface area contributed by atoms with Crippen molar-refractivity contribution in [3.05, 3.63) is 0 Å². The van der Waals surface area contributed by atoms with Crippen molar-refractivity contribution in [1.82, 2.24) is 5.32 Å². The Kier molecular flexibility index (Phi) is 6.78. The van der Waals surface area contributed by atoms with E-state index in [0.29, 0.717) is 30.7 Å². The smallest absolute Gasteiger partial charge is 0.0704 e. The molecular formula is C16H33NO2. The van der Waals surface area contributed by atoms with Crippen molar-refractivity contribution < 1.29 is 9.47 Å².